The molecule has 0 amide bonds. The number of ether oxygens (including phenoxy) is 1. The number of halogens is 1. The molecule has 114 valence electrons. The van der Waals surface area contributed by atoms with E-state index in [0.717, 1.165) is 43.0 Å². The van der Waals surface area contributed by atoms with Crippen LogP contribution in [0.5, 0.6) is 0 Å². The van der Waals surface area contributed by atoms with E-state index < -0.39 is 0 Å². The smallest absolute Gasteiger partial charge is 0.153 e. The third-order valence-corrected chi connectivity index (χ3v) is 3.76. The fourth-order valence-electron chi connectivity index (χ4n) is 2.30. The van der Waals surface area contributed by atoms with Crippen molar-refractivity contribution in [1.29, 1.82) is 0 Å². The molecule has 0 unspecified atom stereocenters. The van der Waals surface area contributed by atoms with Gasteiger partial charge in [-0.05, 0) is 24.1 Å². The van der Waals surface area contributed by atoms with Crippen molar-refractivity contribution in [2.45, 2.75) is 39.3 Å². The van der Waals surface area contributed by atoms with Gasteiger partial charge in [0.15, 0.2) is 5.15 Å². The van der Waals surface area contributed by atoms with Gasteiger partial charge in [0.2, 0.25) is 0 Å². The highest BCUT2D eigenvalue weighted by molar-refractivity contribution is 6.30. The molecule has 2 aromatic rings. The molecule has 0 aliphatic heterocycles. The number of aromatic nitrogens is 2. The first kappa shape index (κ1) is 15.9. The zero-order valence-electron chi connectivity index (χ0n) is 12.6. The first-order valence-electron chi connectivity index (χ1n) is 7.22. The van der Waals surface area contributed by atoms with Crippen molar-refractivity contribution in [2.24, 2.45) is 0 Å². The van der Waals surface area contributed by atoms with Crippen LogP contribution in [0.2, 0.25) is 5.15 Å². The standard InChI is InChI=1S/C16H22ClN3O/c1-3-4-5-15-19-16(17)14(11-21-2)20(15)10-12-6-8-13(18)9-7-12/h6-9H,3-5,10-11,18H2,1-2H3. The largest absolute Gasteiger partial charge is 0.399 e. The van der Waals surface area contributed by atoms with E-state index in [2.05, 4.69) is 16.5 Å². The molecule has 1 aromatic heterocycles. The molecule has 0 atom stereocenters. The van der Waals surface area contributed by atoms with Crippen LogP contribution < -0.4 is 5.73 Å². The van der Waals surface area contributed by atoms with E-state index in [1.165, 1.54) is 5.56 Å². The fraction of sp³-hybridized carbons (Fsp3) is 0.438. The summed E-state index contributed by atoms with van der Waals surface area (Å²) in [5, 5.41) is 0.540. The van der Waals surface area contributed by atoms with Crippen LogP contribution in [-0.2, 0) is 24.3 Å². The van der Waals surface area contributed by atoms with Crippen molar-refractivity contribution < 1.29 is 4.74 Å². The fourth-order valence-corrected chi connectivity index (χ4v) is 2.55. The molecule has 0 saturated heterocycles. The Morgan fingerprint density at radius 1 is 1.29 bits per heavy atom. The van der Waals surface area contributed by atoms with Crippen LogP contribution in [-0.4, -0.2) is 16.7 Å². The average Bonchev–Trinajstić information content (AvgIpc) is 2.76. The number of hydrogen-bond acceptors (Lipinski definition) is 3. The van der Waals surface area contributed by atoms with E-state index in [1.807, 2.05) is 24.3 Å². The number of nitrogen functional groups attached to an aromatic ring is 1. The highest BCUT2D eigenvalue weighted by Crippen LogP contribution is 2.21. The zero-order valence-corrected chi connectivity index (χ0v) is 13.4. The summed E-state index contributed by atoms with van der Waals surface area (Å²) in [7, 11) is 1.67. The van der Waals surface area contributed by atoms with Gasteiger partial charge in [-0.1, -0.05) is 37.1 Å². The first-order valence-corrected chi connectivity index (χ1v) is 7.60. The second-order valence-electron chi connectivity index (χ2n) is 5.13. The average molecular weight is 308 g/mol. The molecule has 0 saturated carbocycles. The molecule has 2 N–H and O–H groups in total. The molecule has 5 heteroatoms. The lowest BCUT2D eigenvalue weighted by molar-refractivity contribution is 0.178. The molecule has 0 spiro atoms. The third kappa shape index (κ3) is 3.99. The minimum atomic E-state index is 0.465. The summed E-state index contributed by atoms with van der Waals surface area (Å²) < 4.78 is 7.42. The maximum atomic E-state index is 6.27. The van der Waals surface area contributed by atoms with Gasteiger partial charge in [-0.2, -0.15) is 0 Å². The molecule has 4 nitrogen and oxygen atoms in total. The molecule has 0 radical (unpaired) electrons. The molecule has 0 fully saturated rings. The number of imidazole rings is 1. The van der Waals surface area contributed by atoms with Gasteiger partial charge in [0.05, 0.1) is 12.3 Å². The minimum absolute atomic E-state index is 0.465. The Morgan fingerprint density at radius 2 is 2.00 bits per heavy atom. The van der Waals surface area contributed by atoms with Crippen molar-refractivity contribution in [3.63, 3.8) is 0 Å². The van der Waals surface area contributed by atoms with Crippen LogP contribution in [0, 0.1) is 0 Å². The van der Waals surface area contributed by atoms with Gasteiger partial charge in [-0.3, -0.25) is 0 Å². The maximum absolute atomic E-state index is 6.27. The molecule has 1 aromatic carbocycles. The number of nitrogens with two attached hydrogens (primary N) is 1. The van der Waals surface area contributed by atoms with Crippen molar-refractivity contribution >= 4 is 17.3 Å². The maximum Gasteiger partial charge on any atom is 0.153 e. The van der Waals surface area contributed by atoms with Crippen LogP contribution in [0.15, 0.2) is 24.3 Å². The molecule has 0 aliphatic rings. The lowest BCUT2D eigenvalue weighted by atomic mass is 10.2. The number of hydrogen-bond donors (Lipinski definition) is 1. The number of aryl methyl sites for hydroxylation is 1. The monoisotopic (exact) mass is 307 g/mol. The van der Waals surface area contributed by atoms with Crippen LogP contribution in [0.3, 0.4) is 0 Å². The first-order chi connectivity index (χ1) is 10.2. The van der Waals surface area contributed by atoms with E-state index in [-0.39, 0.29) is 0 Å². The van der Waals surface area contributed by atoms with Gasteiger partial charge in [0.1, 0.15) is 5.82 Å². The van der Waals surface area contributed by atoms with Crippen LogP contribution >= 0.6 is 11.6 Å². The third-order valence-electron chi connectivity index (χ3n) is 3.46. The lowest BCUT2D eigenvalue weighted by Crippen LogP contribution is -2.10. The summed E-state index contributed by atoms with van der Waals surface area (Å²) >= 11 is 6.27. The predicted octanol–water partition coefficient (Wildman–Crippen LogP) is 3.66. The number of unbranched alkanes of at least 4 members (excludes halogenated alkanes) is 1. The van der Waals surface area contributed by atoms with E-state index in [9.17, 15) is 0 Å². The topological polar surface area (TPSA) is 53.1 Å². The number of rotatable bonds is 7. The summed E-state index contributed by atoms with van der Waals surface area (Å²) in [4.78, 5) is 4.50. The van der Waals surface area contributed by atoms with Crippen LogP contribution in [0.25, 0.3) is 0 Å². The van der Waals surface area contributed by atoms with Gasteiger partial charge >= 0.3 is 0 Å². The Labute approximate surface area is 130 Å². The quantitative estimate of drug-likeness (QED) is 0.794. The normalized spacial score (nSPS) is 11.0. The summed E-state index contributed by atoms with van der Waals surface area (Å²) in [6.07, 6.45) is 3.16. The Balaban J connectivity index is 2.31. The highest BCUT2D eigenvalue weighted by atomic mass is 35.5. The summed E-state index contributed by atoms with van der Waals surface area (Å²) in [5.74, 6) is 1.02. The Morgan fingerprint density at radius 3 is 2.62 bits per heavy atom. The summed E-state index contributed by atoms with van der Waals surface area (Å²) in [5.41, 5.74) is 8.61. The SMILES string of the molecule is CCCCc1nc(Cl)c(COC)n1Cc1ccc(N)cc1. The second kappa shape index (κ2) is 7.48. The summed E-state index contributed by atoms with van der Waals surface area (Å²) in [6.45, 7) is 3.37. The van der Waals surface area contributed by atoms with Gasteiger partial charge in [0.25, 0.3) is 0 Å². The molecular weight excluding hydrogens is 286 g/mol. The Bertz CT molecular complexity index is 578. The number of anilines is 1. The van der Waals surface area contributed by atoms with Crippen molar-refractivity contribution in [3.8, 4) is 0 Å². The number of nitrogens with zero attached hydrogens (tertiary/aromatic N) is 2. The van der Waals surface area contributed by atoms with Crippen molar-refractivity contribution in [3.05, 3.63) is 46.5 Å². The molecule has 0 bridgehead atoms. The summed E-state index contributed by atoms with van der Waals surface area (Å²) in [6, 6.07) is 7.89. The number of benzene rings is 1. The lowest BCUT2D eigenvalue weighted by Gasteiger charge is -2.12. The number of methoxy groups -OCH3 is 1. The van der Waals surface area contributed by atoms with Crippen LogP contribution in [0.4, 0.5) is 5.69 Å². The Hall–Kier alpha value is -1.52. The molecule has 1 heterocycles. The van der Waals surface area contributed by atoms with E-state index in [0.29, 0.717) is 11.8 Å². The van der Waals surface area contributed by atoms with Crippen molar-refractivity contribution in [2.75, 3.05) is 12.8 Å². The predicted molar refractivity (Wildman–Crippen MR) is 86.5 cm³/mol. The van der Waals surface area contributed by atoms with Gasteiger partial charge < -0.3 is 15.0 Å². The molecule has 0 aliphatic carbocycles. The minimum Gasteiger partial charge on any atom is -0.399 e. The van der Waals surface area contributed by atoms with Gasteiger partial charge in [0, 0.05) is 25.8 Å². The van der Waals surface area contributed by atoms with E-state index >= 15 is 0 Å². The molecule has 21 heavy (non-hydrogen) atoms. The van der Waals surface area contributed by atoms with Crippen LogP contribution in [0.1, 0.15) is 36.8 Å². The molecule has 2 rings (SSSR count). The second-order valence-corrected chi connectivity index (χ2v) is 5.49. The van der Waals surface area contributed by atoms with Crippen molar-refractivity contribution in [1.82, 2.24) is 9.55 Å². The highest BCUT2D eigenvalue weighted by Gasteiger charge is 2.15. The molecular formula is C16H22ClN3O. The zero-order chi connectivity index (χ0) is 15.2. The van der Waals surface area contributed by atoms with E-state index in [1.54, 1.807) is 7.11 Å². The van der Waals surface area contributed by atoms with Gasteiger partial charge in [-0.25, -0.2) is 4.98 Å². The Kier molecular flexibility index (Phi) is 5.65. The van der Waals surface area contributed by atoms with Gasteiger partial charge in [-0.15, -0.1) is 0 Å². The van der Waals surface area contributed by atoms with E-state index in [4.69, 9.17) is 22.1 Å².